The zero-order chi connectivity index (χ0) is 17.6. The topological polar surface area (TPSA) is 20.0 Å². The van der Waals surface area contributed by atoms with E-state index < -0.39 is 0 Å². The van der Waals surface area contributed by atoms with E-state index >= 15 is 0 Å². The fraction of sp³-hybridized carbons (Fsp3) is 0.381. The maximum atomic E-state index is 4.67. The van der Waals surface area contributed by atoms with Gasteiger partial charge in [-0.15, -0.1) is 11.8 Å². The SMILES string of the molecule is CSc1ccc(/C=N\N2CC[NH+](Cc3ccc(C)cc3C)CC2)cc1. The van der Waals surface area contributed by atoms with Gasteiger partial charge in [0.1, 0.15) is 6.54 Å². The van der Waals surface area contributed by atoms with Crippen LogP contribution in [-0.2, 0) is 6.54 Å². The first-order chi connectivity index (χ1) is 12.1. The second-order valence-electron chi connectivity index (χ2n) is 6.83. The summed E-state index contributed by atoms with van der Waals surface area (Å²) in [5.74, 6) is 0. The van der Waals surface area contributed by atoms with E-state index in [-0.39, 0.29) is 0 Å². The van der Waals surface area contributed by atoms with E-state index in [9.17, 15) is 0 Å². The number of hydrazone groups is 1. The fourth-order valence-electron chi connectivity index (χ4n) is 3.26. The molecule has 2 aromatic rings. The zero-order valence-electron chi connectivity index (χ0n) is 15.5. The standard InChI is InChI=1S/C21H27N3S/c1-17-4-7-20(18(2)14-17)16-23-10-12-24(13-11-23)22-15-19-5-8-21(25-3)9-6-19/h4-9,14-15H,10-13,16H2,1-3H3/p+1/b22-15-. The van der Waals surface area contributed by atoms with Crippen molar-refractivity contribution in [1.82, 2.24) is 5.01 Å². The summed E-state index contributed by atoms with van der Waals surface area (Å²) in [6.07, 6.45) is 4.09. The summed E-state index contributed by atoms with van der Waals surface area (Å²) in [5.41, 5.74) is 5.41. The molecule has 0 atom stereocenters. The summed E-state index contributed by atoms with van der Waals surface area (Å²) in [6, 6.07) is 15.4. The van der Waals surface area contributed by atoms with Crippen molar-refractivity contribution in [3.05, 3.63) is 64.7 Å². The van der Waals surface area contributed by atoms with Crippen LogP contribution in [0.15, 0.2) is 52.5 Å². The Labute approximate surface area is 155 Å². The number of quaternary nitrogens is 1. The monoisotopic (exact) mass is 354 g/mol. The number of piperazine rings is 1. The molecule has 1 heterocycles. The second-order valence-corrected chi connectivity index (χ2v) is 7.71. The molecule has 0 spiro atoms. The fourth-order valence-corrected chi connectivity index (χ4v) is 3.66. The molecule has 0 unspecified atom stereocenters. The normalized spacial score (nSPS) is 15.9. The molecule has 25 heavy (non-hydrogen) atoms. The van der Waals surface area contributed by atoms with E-state index in [1.165, 1.54) is 27.1 Å². The summed E-state index contributed by atoms with van der Waals surface area (Å²) < 4.78 is 0. The van der Waals surface area contributed by atoms with E-state index in [1.807, 2.05) is 6.21 Å². The highest BCUT2D eigenvalue weighted by Crippen LogP contribution is 2.14. The molecular formula is C21H28N3S+. The van der Waals surface area contributed by atoms with E-state index in [1.54, 1.807) is 16.7 Å². The van der Waals surface area contributed by atoms with Crippen LogP contribution >= 0.6 is 11.8 Å². The zero-order valence-corrected chi connectivity index (χ0v) is 16.3. The molecule has 0 bridgehead atoms. The van der Waals surface area contributed by atoms with Crippen LogP contribution in [0.25, 0.3) is 0 Å². The van der Waals surface area contributed by atoms with Gasteiger partial charge in [0.05, 0.1) is 32.4 Å². The van der Waals surface area contributed by atoms with Crippen LogP contribution in [0.2, 0.25) is 0 Å². The number of aryl methyl sites for hydroxylation is 2. The van der Waals surface area contributed by atoms with Gasteiger partial charge in [0.2, 0.25) is 0 Å². The van der Waals surface area contributed by atoms with Gasteiger partial charge in [-0.3, -0.25) is 5.01 Å². The molecule has 3 nitrogen and oxygen atoms in total. The molecular weight excluding hydrogens is 326 g/mol. The highest BCUT2D eigenvalue weighted by molar-refractivity contribution is 7.98. The number of thioether (sulfide) groups is 1. The Kier molecular flexibility index (Phi) is 6.16. The predicted molar refractivity (Wildman–Crippen MR) is 108 cm³/mol. The number of nitrogens with one attached hydrogen (secondary N) is 1. The van der Waals surface area contributed by atoms with Crippen molar-refractivity contribution in [3.8, 4) is 0 Å². The molecule has 0 radical (unpaired) electrons. The molecule has 4 heteroatoms. The smallest absolute Gasteiger partial charge is 0.103 e. The molecule has 1 aliphatic heterocycles. The van der Waals surface area contributed by atoms with Gasteiger partial charge in [0.15, 0.2) is 0 Å². The summed E-state index contributed by atoms with van der Waals surface area (Å²) in [4.78, 5) is 2.95. The van der Waals surface area contributed by atoms with E-state index in [2.05, 4.69) is 72.7 Å². The van der Waals surface area contributed by atoms with Crippen molar-refractivity contribution in [2.24, 2.45) is 5.10 Å². The van der Waals surface area contributed by atoms with E-state index in [4.69, 9.17) is 0 Å². The largest absolute Gasteiger partial charge is 0.328 e. The second kappa shape index (κ2) is 8.54. The maximum Gasteiger partial charge on any atom is 0.103 e. The molecule has 2 aromatic carbocycles. The number of nitrogens with zero attached hydrogens (tertiary/aromatic N) is 2. The van der Waals surface area contributed by atoms with Gasteiger partial charge in [0, 0.05) is 10.5 Å². The molecule has 0 amide bonds. The lowest BCUT2D eigenvalue weighted by Gasteiger charge is -2.30. The minimum Gasteiger partial charge on any atom is -0.328 e. The van der Waals surface area contributed by atoms with Crippen LogP contribution in [0.3, 0.4) is 0 Å². The molecule has 0 aromatic heterocycles. The molecule has 1 N–H and O–H groups in total. The van der Waals surface area contributed by atoms with Gasteiger partial charge in [-0.05, 0) is 43.4 Å². The first-order valence-electron chi connectivity index (χ1n) is 8.97. The summed E-state index contributed by atoms with van der Waals surface area (Å²) in [5, 5.41) is 6.87. The van der Waals surface area contributed by atoms with Crippen LogP contribution in [-0.4, -0.2) is 43.7 Å². The molecule has 132 valence electrons. The van der Waals surface area contributed by atoms with Crippen molar-refractivity contribution in [2.75, 3.05) is 32.4 Å². The lowest BCUT2D eigenvalue weighted by atomic mass is 10.1. The Morgan fingerprint density at radius 1 is 1.08 bits per heavy atom. The number of rotatable bonds is 5. The Bertz CT molecular complexity index is 716. The third kappa shape index (κ3) is 5.10. The van der Waals surface area contributed by atoms with Gasteiger partial charge in [-0.1, -0.05) is 35.9 Å². The van der Waals surface area contributed by atoms with Crippen molar-refractivity contribution in [3.63, 3.8) is 0 Å². The van der Waals surface area contributed by atoms with Crippen molar-refractivity contribution in [1.29, 1.82) is 0 Å². The third-order valence-corrected chi connectivity index (χ3v) is 5.61. The quantitative estimate of drug-likeness (QED) is 0.658. The van der Waals surface area contributed by atoms with E-state index in [0.717, 1.165) is 32.7 Å². The van der Waals surface area contributed by atoms with Crippen molar-refractivity contribution < 1.29 is 4.90 Å². The Morgan fingerprint density at radius 3 is 2.44 bits per heavy atom. The van der Waals surface area contributed by atoms with E-state index in [0.29, 0.717) is 0 Å². The number of benzene rings is 2. The molecule has 3 rings (SSSR count). The Balaban J connectivity index is 1.50. The first kappa shape index (κ1) is 18.0. The lowest BCUT2D eigenvalue weighted by Crippen LogP contribution is -3.13. The minimum absolute atomic E-state index is 1.03. The highest BCUT2D eigenvalue weighted by Gasteiger charge is 2.19. The maximum absolute atomic E-state index is 4.67. The van der Waals surface area contributed by atoms with Gasteiger partial charge in [-0.2, -0.15) is 5.10 Å². The van der Waals surface area contributed by atoms with Gasteiger partial charge < -0.3 is 4.90 Å². The summed E-state index contributed by atoms with van der Waals surface area (Å²) >= 11 is 1.77. The molecule has 1 fully saturated rings. The molecule has 0 aliphatic carbocycles. The van der Waals surface area contributed by atoms with Gasteiger partial charge in [0.25, 0.3) is 0 Å². The Hall–Kier alpha value is -1.78. The molecule has 1 saturated heterocycles. The highest BCUT2D eigenvalue weighted by atomic mass is 32.2. The van der Waals surface area contributed by atoms with Crippen LogP contribution < -0.4 is 4.90 Å². The number of hydrogen-bond donors (Lipinski definition) is 1. The summed E-state index contributed by atoms with van der Waals surface area (Å²) in [7, 11) is 0. The molecule has 0 saturated carbocycles. The van der Waals surface area contributed by atoms with Crippen molar-refractivity contribution in [2.45, 2.75) is 25.3 Å². The average Bonchev–Trinajstić information content (AvgIpc) is 2.64. The number of hydrogen-bond acceptors (Lipinski definition) is 3. The van der Waals surface area contributed by atoms with Gasteiger partial charge >= 0.3 is 0 Å². The van der Waals surface area contributed by atoms with Gasteiger partial charge in [-0.25, -0.2) is 0 Å². The van der Waals surface area contributed by atoms with Crippen LogP contribution in [0.1, 0.15) is 22.3 Å². The van der Waals surface area contributed by atoms with Crippen molar-refractivity contribution >= 4 is 18.0 Å². The third-order valence-electron chi connectivity index (χ3n) is 4.87. The van der Waals surface area contributed by atoms with Crippen LogP contribution in [0.4, 0.5) is 0 Å². The predicted octanol–water partition coefficient (Wildman–Crippen LogP) is 2.76. The minimum atomic E-state index is 1.03. The summed E-state index contributed by atoms with van der Waals surface area (Å²) in [6.45, 7) is 9.87. The first-order valence-corrected chi connectivity index (χ1v) is 10.2. The molecule has 1 aliphatic rings. The lowest BCUT2D eigenvalue weighted by molar-refractivity contribution is -0.918. The van der Waals surface area contributed by atoms with Crippen LogP contribution in [0.5, 0.6) is 0 Å². The average molecular weight is 355 g/mol. The van der Waals surface area contributed by atoms with Crippen LogP contribution in [0, 0.1) is 13.8 Å². The Morgan fingerprint density at radius 2 is 1.80 bits per heavy atom.